The second kappa shape index (κ2) is 4.90. The molecular formula is C14H17N3O. The molecule has 1 N–H and O–H groups in total. The van der Waals surface area contributed by atoms with Gasteiger partial charge in [-0.1, -0.05) is 0 Å². The van der Waals surface area contributed by atoms with Crippen LogP contribution in [0.5, 0.6) is 0 Å². The van der Waals surface area contributed by atoms with Gasteiger partial charge >= 0.3 is 0 Å². The third-order valence-corrected chi connectivity index (χ3v) is 3.52. The van der Waals surface area contributed by atoms with Gasteiger partial charge in [-0.05, 0) is 50.4 Å². The minimum atomic E-state index is 0.714. The first-order chi connectivity index (χ1) is 8.86. The van der Waals surface area contributed by atoms with E-state index >= 15 is 0 Å². The number of hydrogen-bond acceptors (Lipinski definition) is 4. The molecule has 0 saturated heterocycles. The first-order valence-electron chi connectivity index (χ1n) is 6.39. The zero-order valence-corrected chi connectivity index (χ0v) is 10.5. The van der Waals surface area contributed by atoms with Gasteiger partial charge < -0.3 is 9.73 Å². The van der Waals surface area contributed by atoms with Gasteiger partial charge in [-0.15, -0.1) is 0 Å². The Balaban J connectivity index is 1.85. The number of aryl methyl sites for hydroxylation is 1. The summed E-state index contributed by atoms with van der Waals surface area (Å²) in [6.45, 7) is 1.07. The van der Waals surface area contributed by atoms with Crippen molar-refractivity contribution in [1.82, 2.24) is 15.3 Å². The average Bonchev–Trinajstić information content (AvgIpc) is 2.92. The highest BCUT2D eigenvalue weighted by atomic mass is 16.3. The van der Waals surface area contributed by atoms with Crippen molar-refractivity contribution in [2.45, 2.75) is 19.3 Å². The van der Waals surface area contributed by atoms with Crippen molar-refractivity contribution in [3.8, 4) is 11.4 Å². The molecule has 1 atom stereocenters. The average molecular weight is 243 g/mol. The predicted octanol–water partition coefficient (Wildman–Crippen LogP) is 2.06. The number of rotatable bonds is 3. The number of nitrogens with zero attached hydrogens (tertiary/aromatic N) is 2. The maximum Gasteiger partial charge on any atom is 0.162 e. The van der Waals surface area contributed by atoms with Crippen molar-refractivity contribution in [2.24, 2.45) is 5.92 Å². The lowest BCUT2D eigenvalue weighted by Gasteiger charge is -2.23. The Hall–Kier alpha value is -1.68. The van der Waals surface area contributed by atoms with Crippen molar-refractivity contribution in [2.75, 3.05) is 13.6 Å². The first-order valence-corrected chi connectivity index (χ1v) is 6.39. The third kappa shape index (κ3) is 2.16. The monoisotopic (exact) mass is 243 g/mol. The molecule has 2 heterocycles. The van der Waals surface area contributed by atoms with Gasteiger partial charge in [-0.2, -0.15) is 0 Å². The molecule has 18 heavy (non-hydrogen) atoms. The SMILES string of the molecule is CNCC1CCc2nc(-c3ccoc3)ncc2C1. The Bertz CT molecular complexity index is 522. The van der Waals surface area contributed by atoms with Gasteiger partial charge in [0, 0.05) is 11.9 Å². The van der Waals surface area contributed by atoms with Crippen molar-refractivity contribution in [3.63, 3.8) is 0 Å². The van der Waals surface area contributed by atoms with Gasteiger partial charge in [-0.25, -0.2) is 9.97 Å². The number of aromatic nitrogens is 2. The molecule has 0 saturated carbocycles. The molecule has 4 heteroatoms. The predicted molar refractivity (Wildman–Crippen MR) is 69.2 cm³/mol. The van der Waals surface area contributed by atoms with E-state index in [-0.39, 0.29) is 0 Å². The fourth-order valence-corrected chi connectivity index (χ4v) is 2.58. The summed E-state index contributed by atoms with van der Waals surface area (Å²) in [7, 11) is 2.01. The molecule has 1 unspecified atom stereocenters. The molecule has 3 rings (SSSR count). The number of hydrogen-bond donors (Lipinski definition) is 1. The Morgan fingerprint density at radius 1 is 1.50 bits per heavy atom. The zero-order chi connectivity index (χ0) is 12.4. The molecular weight excluding hydrogens is 226 g/mol. The third-order valence-electron chi connectivity index (χ3n) is 3.52. The van der Waals surface area contributed by atoms with E-state index in [1.807, 2.05) is 19.3 Å². The van der Waals surface area contributed by atoms with E-state index in [1.165, 1.54) is 17.7 Å². The van der Waals surface area contributed by atoms with Crippen LogP contribution in [0.4, 0.5) is 0 Å². The molecule has 2 aromatic rings. The quantitative estimate of drug-likeness (QED) is 0.896. The Kier molecular flexibility index (Phi) is 3.11. The normalized spacial score (nSPS) is 18.6. The molecule has 1 aliphatic rings. The summed E-state index contributed by atoms with van der Waals surface area (Å²) in [6, 6.07) is 1.90. The van der Waals surface area contributed by atoms with Crippen LogP contribution < -0.4 is 5.32 Å². The lowest BCUT2D eigenvalue weighted by atomic mass is 9.87. The summed E-state index contributed by atoms with van der Waals surface area (Å²) in [6.07, 6.45) is 8.66. The van der Waals surface area contributed by atoms with E-state index in [4.69, 9.17) is 4.42 Å². The minimum absolute atomic E-state index is 0.714. The Morgan fingerprint density at radius 2 is 2.44 bits per heavy atom. The molecule has 0 fully saturated rings. The molecule has 0 radical (unpaired) electrons. The van der Waals surface area contributed by atoms with Crippen molar-refractivity contribution in [3.05, 3.63) is 36.0 Å². The van der Waals surface area contributed by atoms with Gasteiger partial charge in [0.05, 0.1) is 11.8 Å². The van der Waals surface area contributed by atoms with Crippen LogP contribution in [-0.2, 0) is 12.8 Å². The molecule has 0 amide bonds. The highest BCUT2D eigenvalue weighted by Gasteiger charge is 2.20. The summed E-state index contributed by atoms with van der Waals surface area (Å²) in [5, 5.41) is 3.25. The second-order valence-corrected chi connectivity index (χ2v) is 4.84. The van der Waals surface area contributed by atoms with Gasteiger partial charge in [0.2, 0.25) is 0 Å². The smallest absolute Gasteiger partial charge is 0.162 e. The Morgan fingerprint density at radius 3 is 3.22 bits per heavy atom. The highest BCUT2D eigenvalue weighted by molar-refractivity contribution is 5.52. The molecule has 94 valence electrons. The summed E-state index contributed by atoms with van der Waals surface area (Å²) in [5.74, 6) is 1.49. The molecule has 2 aromatic heterocycles. The molecule has 0 bridgehead atoms. The molecule has 4 nitrogen and oxygen atoms in total. The zero-order valence-electron chi connectivity index (χ0n) is 10.5. The van der Waals surface area contributed by atoms with Crippen molar-refractivity contribution < 1.29 is 4.42 Å². The van der Waals surface area contributed by atoms with Crippen LogP contribution in [0.15, 0.2) is 29.2 Å². The van der Waals surface area contributed by atoms with Crippen LogP contribution in [0.25, 0.3) is 11.4 Å². The van der Waals surface area contributed by atoms with E-state index in [0.29, 0.717) is 5.92 Å². The maximum absolute atomic E-state index is 5.07. The number of fused-ring (bicyclic) bond motifs is 1. The number of nitrogens with one attached hydrogen (secondary N) is 1. The van der Waals surface area contributed by atoms with Crippen molar-refractivity contribution >= 4 is 0 Å². The summed E-state index contributed by atoms with van der Waals surface area (Å²) in [5.41, 5.74) is 3.46. The molecule has 0 spiro atoms. The topological polar surface area (TPSA) is 51.0 Å². The standard InChI is InChI=1S/C14H17N3O/c1-15-7-10-2-3-13-12(6-10)8-16-14(17-13)11-4-5-18-9-11/h4-5,8-10,15H,2-3,6-7H2,1H3. The first kappa shape index (κ1) is 11.4. The lowest BCUT2D eigenvalue weighted by molar-refractivity contribution is 0.434. The van der Waals surface area contributed by atoms with E-state index in [0.717, 1.165) is 30.8 Å². The van der Waals surface area contributed by atoms with E-state index in [2.05, 4.69) is 15.3 Å². The van der Waals surface area contributed by atoms with Gasteiger partial charge in [0.25, 0.3) is 0 Å². The molecule has 0 aromatic carbocycles. The summed E-state index contributed by atoms with van der Waals surface area (Å²) < 4.78 is 5.07. The largest absolute Gasteiger partial charge is 0.472 e. The van der Waals surface area contributed by atoms with Gasteiger partial charge in [-0.3, -0.25) is 0 Å². The maximum atomic E-state index is 5.07. The van der Waals surface area contributed by atoms with Gasteiger partial charge in [0.1, 0.15) is 6.26 Å². The van der Waals surface area contributed by atoms with Crippen LogP contribution in [-0.4, -0.2) is 23.6 Å². The molecule has 1 aliphatic carbocycles. The van der Waals surface area contributed by atoms with E-state index < -0.39 is 0 Å². The fraction of sp³-hybridized carbons (Fsp3) is 0.429. The van der Waals surface area contributed by atoms with E-state index in [1.54, 1.807) is 12.5 Å². The van der Waals surface area contributed by atoms with Crippen molar-refractivity contribution in [1.29, 1.82) is 0 Å². The van der Waals surface area contributed by atoms with E-state index in [9.17, 15) is 0 Å². The van der Waals surface area contributed by atoms with Crippen LogP contribution in [0.2, 0.25) is 0 Å². The van der Waals surface area contributed by atoms with Crippen LogP contribution in [0.1, 0.15) is 17.7 Å². The minimum Gasteiger partial charge on any atom is -0.472 e. The van der Waals surface area contributed by atoms with Gasteiger partial charge in [0.15, 0.2) is 5.82 Å². The van der Waals surface area contributed by atoms with Crippen LogP contribution in [0, 0.1) is 5.92 Å². The summed E-state index contributed by atoms with van der Waals surface area (Å²) >= 11 is 0. The Labute approximate surface area is 106 Å². The number of furan rings is 1. The summed E-state index contributed by atoms with van der Waals surface area (Å²) in [4.78, 5) is 9.10. The fourth-order valence-electron chi connectivity index (χ4n) is 2.58. The lowest BCUT2D eigenvalue weighted by Crippen LogP contribution is -2.25. The molecule has 0 aliphatic heterocycles. The van der Waals surface area contributed by atoms with Crippen LogP contribution >= 0.6 is 0 Å². The van der Waals surface area contributed by atoms with Crippen LogP contribution in [0.3, 0.4) is 0 Å². The second-order valence-electron chi connectivity index (χ2n) is 4.84. The highest BCUT2D eigenvalue weighted by Crippen LogP contribution is 2.25.